The maximum Gasteiger partial charge on any atom is 0.327 e. The fraction of sp³-hybridized carbons (Fsp3) is 0.941. The summed E-state index contributed by atoms with van der Waals surface area (Å²) in [7, 11) is 0. The van der Waals surface area contributed by atoms with Gasteiger partial charge in [-0.2, -0.15) is 0 Å². The molecule has 0 aromatic rings. The van der Waals surface area contributed by atoms with Crippen molar-refractivity contribution in [3.63, 3.8) is 0 Å². The first-order chi connectivity index (χ1) is 10.1. The highest BCUT2D eigenvalue weighted by Crippen LogP contribution is 2.28. The summed E-state index contributed by atoms with van der Waals surface area (Å²) in [6.45, 7) is 8.54. The Kier molecular flexibility index (Phi) is 6.06. The molecule has 1 aliphatic heterocycles. The van der Waals surface area contributed by atoms with Gasteiger partial charge in [0, 0.05) is 25.2 Å². The number of nitrogens with one attached hydrogen (secondary N) is 1. The number of rotatable bonds is 5. The lowest BCUT2D eigenvalue weighted by Gasteiger charge is -2.33. The molecule has 1 heterocycles. The number of likely N-dealkylation sites (tertiary alicyclic amines) is 1. The summed E-state index contributed by atoms with van der Waals surface area (Å²) in [5.74, 6) is -0.0441. The molecule has 1 N–H and O–H groups in total. The van der Waals surface area contributed by atoms with E-state index in [4.69, 9.17) is 4.74 Å². The summed E-state index contributed by atoms with van der Waals surface area (Å²) >= 11 is 0. The van der Waals surface area contributed by atoms with Gasteiger partial charge in [-0.05, 0) is 40.0 Å². The highest BCUT2D eigenvalue weighted by molar-refractivity contribution is 5.81. The first-order valence-corrected chi connectivity index (χ1v) is 8.76. The van der Waals surface area contributed by atoms with Crippen molar-refractivity contribution >= 4 is 5.97 Å². The van der Waals surface area contributed by atoms with E-state index < -0.39 is 5.54 Å². The second kappa shape index (κ2) is 7.59. The fourth-order valence-electron chi connectivity index (χ4n) is 3.71. The summed E-state index contributed by atoms with van der Waals surface area (Å²) in [6.07, 6.45) is 8.51. The monoisotopic (exact) mass is 296 g/mol. The molecule has 2 fully saturated rings. The average Bonchev–Trinajstić information content (AvgIpc) is 2.72. The number of carbonyl (C=O) groups is 1. The Labute approximate surface area is 129 Å². The largest absolute Gasteiger partial charge is 0.465 e. The van der Waals surface area contributed by atoms with Crippen LogP contribution in [-0.2, 0) is 9.53 Å². The lowest BCUT2D eigenvalue weighted by atomic mass is 9.95. The van der Waals surface area contributed by atoms with Crippen LogP contribution < -0.4 is 5.32 Å². The Morgan fingerprint density at radius 3 is 2.48 bits per heavy atom. The van der Waals surface area contributed by atoms with Crippen molar-refractivity contribution in [3.8, 4) is 0 Å². The number of hydrogen-bond donors (Lipinski definition) is 1. The normalized spacial score (nSPS) is 28.8. The van der Waals surface area contributed by atoms with Crippen LogP contribution in [0, 0.1) is 0 Å². The van der Waals surface area contributed by atoms with Crippen LogP contribution in [0.4, 0.5) is 0 Å². The minimum Gasteiger partial charge on any atom is -0.465 e. The maximum atomic E-state index is 12.6. The van der Waals surface area contributed by atoms with Gasteiger partial charge in [-0.25, -0.2) is 4.79 Å². The van der Waals surface area contributed by atoms with Gasteiger partial charge in [0.05, 0.1) is 6.61 Å². The van der Waals surface area contributed by atoms with E-state index in [1.165, 1.54) is 38.5 Å². The van der Waals surface area contributed by atoms with Crippen LogP contribution in [0.25, 0.3) is 0 Å². The zero-order valence-electron chi connectivity index (χ0n) is 14.0. The van der Waals surface area contributed by atoms with E-state index in [-0.39, 0.29) is 5.97 Å². The molecule has 0 spiro atoms. The van der Waals surface area contributed by atoms with Gasteiger partial charge in [0.25, 0.3) is 0 Å². The molecular weight excluding hydrogens is 264 g/mol. The van der Waals surface area contributed by atoms with Crippen LogP contribution in [0.15, 0.2) is 0 Å². The van der Waals surface area contributed by atoms with Crippen molar-refractivity contribution in [2.75, 3.05) is 19.7 Å². The predicted octanol–water partition coefficient (Wildman–Crippen LogP) is 2.71. The Morgan fingerprint density at radius 2 is 1.95 bits per heavy atom. The third kappa shape index (κ3) is 4.19. The van der Waals surface area contributed by atoms with Crippen LogP contribution in [-0.4, -0.2) is 48.2 Å². The van der Waals surface area contributed by atoms with Crippen LogP contribution >= 0.6 is 0 Å². The van der Waals surface area contributed by atoms with E-state index in [0.29, 0.717) is 18.7 Å². The Bertz CT molecular complexity index is 338. The molecule has 1 saturated carbocycles. The number of ether oxygens (including phenoxy) is 1. The maximum absolute atomic E-state index is 12.6. The number of nitrogens with zero attached hydrogens (tertiary/aromatic N) is 1. The van der Waals surface area contributed by atoms with E-state index in [0.717, 1.165) is 19.5 Å². The average molecular weight is 296 g/mol. The molecule has 1 atom stereocenters. The fourth-order valence-corrected chi connectivity index (χ4v) is 3.71. The van der Waals surface area contributed by atoms with Gasteiger partial charge in [0.15, 0.2) is 0 Å². The predicted molar refractivity (Wildman–Crippen MR) is 85.3 cm³/mol. The molecular formula is C17H32N2O2. The molecule has 1 aliphatic carbocycles. The van der Waals surface area contributed by atoms with Crippen molar-refractivity contribution in [1.29, 1.82) is 0 Å². The van der Waals surface area contributed by atoms with Crippen molar-refractivity contribution < 1.29 is 9.53 Å². The third-order valence-electron chi connectivity index (χ3n) is 5.03. The molecule has 122 valence electrons. The van der Waals surface area contributed by atoms with Gasteiger partial charge in [0.2, 0.25) is 0 Å². The molecule has 0 amide bonds. The molecule has 1 saturated heterocycles. The van der Waals surface area contributed by atoms with Crippen molar-refractivity contribution in [3.05, 3.63) is 0 Å². The van der Waals surface area contributed by atoms with Crippen LogP contribution in [0.5, 0.6) is 0 Å². The molecule has 21 heavy (non-hydrogen) atoms. The number of carbonyl (C=O) groups excluding carboxylic acids is 1. The van der Waals surface area contributed by atoms with Crippen LogP contribution in [0.2, 0.25) is 0 Å². The van der Waals surface area contributed by atoms with Crippen molar-refractivity contribution in [1.82, 2.24) is 10.2 Å². The van der Waals surface area contributed by atoms with Gasteiger partial charge >= 0.3 is 5.97 Å². The second-order valence-electron chi connectivity index (χ2n) is 6.95. The summed E-state index contributed by atoms with van der Waals surface area (Å²) in [5, 5.41) is 3.72. The summed E-state index contributed by atoms with van der Waals surface area (Å²) in [5.41, 5.74) is -0.477. The van der Waals surface area contributed by atoms with E-state index in [1.807, 2.05) is 6.92 Å². The molecule has 4 nitrogen and oxygen atoms in total. The van der Waals surface area contributed by atoms with Crippen molar-refractivity contribution in [2.45, 2.75) is 83.3 Å². The minimum atomic E-state index is -0.477. The van der Waals surface area contributed by atoms with Gasteiger partial charge in [0.1, 0.15) is 5.54 Å². The highest BCUT2D eigenvalue weighted by atomic mass is 16.5. The number of hydrogen-bond acceptors (Lipinski definition) is 4. The molecule has 4 heteroatoms. The van der Waals surface area contributed by atoms with Gasteiger partial charge < -0.3 is 4.74 Å². The zero-order valence-corrected chi connectivity index (χ0v) is 14.0. The van der Waals surface area contributed by atoms with Crippen LogP contribution in [0.3, 0.4) is 0 Å². The lowest BCUT2D eigenvalue weighted by molar-refractivity contribution is -0.151. The SMILES string of the molecule is CCOC(=O)C1(NC2CCCCCC2)CCN(C(C)C)C1. The van der Waals surface area contributed by atoms with Gasteiger partial charge in [-0.1, -0.05) is 25.7 Å². The van der Waals surface area contributed by atoms with Crippen LogP contribution in [0.1, 0.15) is 65.7 Å². The second-order valence-corrected chi connectivity index (χ2v) is 6.95. The molecule has 2 aliphatic rings. The quantitative estimate of drug-likeness (QED) is 0.625. The number of esters is 1. The first kappa shape index (κ1) is 16.8. The Hall–Kier alpha value is -0.610. The topological polar surface area (TPSA) is 41.6 Å². The van der Waals surface area contributed by atoms with E-state index in [1.54, 1.807) is 0 Å². The molecule has 2 rings (SSSR count). The molecule has 0 radical (unpaired) electrons. The summed E-state index contributed by atoms with van der Waals surface area (Å²) in [6, 6.07) is 0.959. The summed E-state index contributed by atoms with van der Waals surface area (Å²) < 4.78 is 5.40. The molecule has 1 unspecified atom stereocenters. The highest BCUT2D eigenvalue weighted by Gasteiger charge is 2.47. The summed E-state index contributed by atoms with van der Waals surface area (Å²) in [4.78, 5) is 15.0. The standard InChI is InChI=1S/C17H32N2O2/c1-4-21-16(20)17(11-12-19(13-17)14(2)3)18-15-9-7-5-6-8-10-15/h14-15,18H,4-13H2,1-3H3. The minimum absolute atomic E-state index is 0.0441. The first-order valence-electron chi connectivity index (χ1n) is 8.76. The Balaban J connectivity index is 2.07. The lowest BCUT2D eigenvalue weighted by Crippen LogP contribution is -2.58. The van der Waals surface area contributed by atoms with E-state index in [2.05, 4.69) is 24.1 Å². The van der Waals surface area contributed by atoms with Crippen molar-refractivity contribution in [2.24, 2.45) is 0 Å². The smallest absolute Gasteiger partial charge is 0.327 e. The molecule has 0 bridgehead atoms. The van der Waals surface area contributed by atoms with Gasteiger partial charge in [-0.3, -0.25) is 10.2 Å². The van der Waals surface area contributed by atoms with Gasteiger partial charge in [-0.15, -0.1) is 0 Å². The molecule has 0 aromatic carbocycles. The zero-order chi connectivity index (χ0) is 15.3. The van der Waals surface area contributed by atoms with E-state index >= 15 is 0 Å². The third-order valence-corrected chi connectivity index (χ3v) is 5.03. The Morgan fingerprint density at radius 1 is 1.29 bits per heavy atom. The van der Waals surface area contributed by atoms with E-state index in [9.17, 15) is 4.79 Å². The molecule has 0 aromatic heterocycles.